The molecule has 0 aliphatic carbocycles. The zero-order chi connectivity index (χ0) is 10.1. The van der Waals surface area contributed by atoms with E-state index in [2.05, 4.69) is 5.32 Å². The number of aliphatic carboxylic acids is 1. The van der Waals surface area contributed by atoms with E-state index < -0.39 is 11.9 Å². The maximum atomic E-state index is 10.8. The lowest BCUT2D eigenvalue weighted by atomic mass is 9.98. The summed E-state index contributed by atoms with van der Waals surface area (Å²) in [5.74, 6) is -1.18. The largest absolute Gasteiger partial charge is 0.481 e. The van der Waals surface area contributed by atoms with Gasteiger partial charge in [-0.2, -0.15) is 0 Å². The molecule has 1 aliphatic heterocycles. The predicted octanol–water partition coefficient (Wildman–Crippen LogP) is 1.84. The first-order valence-corrected chi connectivity index (χ1v) is 4.78. The summed E-state index contributed by atoms with van der Waals surface area (Å²) < 4.78 is 0. The molecule has 1 unspecified atom stereocenters. The molecule has 0 radical (unpaired) electrons. The predicted molar refractivity (Wildman–Crippen MR) is 54.7 cm³/mol. The van der Waals surface area contributed by atoms with Crippen LogP contribution in [-0.4, -0.2) is 17.6 Å². The normalized spacial score (nSPS) is 15.8. The van der Waals surface area contributed by atoms with Crippen LogP contribution < -0.4 is 5.32 Å². The fourth-order valence-corrected chi connectivity index (χ4v) is 1.74. The summed E-state index contributed by atoms with van der Waals surface area (Å²) >= 11 is 0. The molecule has 14 heavy (non-hydrogen) atoms. The van der Waals surface area contributed by atoms with Gasteiger partial charge in [0.1, 0.15) is 0 Å². The molecule has 0 bridgehead atoms. The highest BCUT2D eigenvalue weighted by Crippen LogP contribution is 2.26. The summed E-state index contributed by atoms with van der Waals surface area (Å²) in [7, 11) is 0. The third kappa shape index (κ3) is 1.45. The van der Waals surface area contributed by atoms with E-state index in [1.165, 1.54) is 5.56 Å². The molecule has 2 N–H and O–H groups in total. The molecule has 0 aromatic heterocycles. The minimum atomic E-state index is -0.768. The summed E-state index contributed by atoms with van der Waals surface area (Å²) in [6.45, 7) is 2.67. The summed E-state index contributed by atoms with van der Waals surface area (Å²) in [4.78, 5) is 10.8. The number of nitrogens with one attached hydrogen (secondary N) is 1. The second kappa shape index (κ2) is 3.33. The van der Waals surface area contributed by atoms with Gasteiger partial charge in [-0.1, -0.05) is 12.1 Å². The number of hydrogen-bond donors (Lipinski definition) is 2. The van der Waals surface area contributed by atoms with E-state index in [1.54, 1.807) is 6.92 Å². The zero-order valence-electron chi connectivity index (χ0n) is 8.08. The van der Waals surface area contributed by atoms with E-state index in [4.69, 9.17) is 5.11 Å². The minimum absolute atomic E-state index is 0.416. The Kier molecular flexibility index (Phi) is 2.15. The molecule has 1 heterocycles. The number of anilines is 1. The molecule has 3 nitrogen and oxygen atoms in total. The van der Waals surface area contributed by atoms with Crippen LogP contribution in [0.25, 0.3) is 0 Å². The van der Waals surface area contributed by atoms with E-state index in [0.29, 0.717) is 0 Å². The second-order valence-corrected chi connectivity index (χ2v) is 3.65. The van der Waals surface area contributed by atoms with Gasteiger partial charge in [-0.05, 0) is 30.5 Å². The van der Waals surface area contributed by atoms with Crippen molar-refractivity contribution in [3.63, 3.8) is 0 Å². The van der Waals surface area contributed by atoms with Gasteiger partial charge in [-0.15, -0.1) is 0 Å². The first-order valence-electron chi connectivity index (χ1n) is 4.78. The first-order chi connectivity index (χ1) is 6.68. The van der Waals surface area contributed by atoms with Gasteiger partial charge in [-0.3, -0.25) is 4.79 Å². The number of benzene rings is 1. The molecule has 1 aliphatic rings. The van der Waals surface area contributed by atoms with Gasteiger partial charge in [0.15, 0.2) is 0 Å². The average Bonchev–Trinajstić information content (AvgIpc) is 2.62. The van der Waals surface area contributed by atoms with Crippen molar-refractivity contribution in [1.82, 2.24) is 0 Å². The SMILES string of the molecule is CC(C(=O)O)c1ccc2c(c1)CCN2. The van der Waals surface area contributed by atoms with Crippen molar-refractivity contribution in [2.24, 2.45) is 0 Å². The first kappa shape index (κ1) is 9.06. The average molecular weight is 191 g/mol. The zero-order valence-corrected chi connectivity index (χ0v) is 8.08. The molecule has 1 aromatic carbocycles. The second-order valence-electron chi connectivity index (χ2n) is 3.65. The summed E-state index contributed by atoms with van der Waals surface area (Å²) in [5, 5.41) is 12.1. The Morgan fingerprint density at radius 1 is 1.57 bits per heavy atom. The van der Waals surface area contributed by atoms with Crippen LogP contribution in [0.5, 0.6) is 0 Å². The molecule has 74 valence electrons. The molecular weight excluding hydrogens is 178 g/mol. The van der Waals surface area contributed by atoms with Crippen LogP contribution in [0.2, 0.25) is 0 Å². The summed E-state index contributed by atoms with van der Waals surface area (Å²) in [5.41, 5.74) is 3.27. The standard InChI is InChI=1S/C11H13NO2/c1-7(11(13)14)8-2-3-10-9(6-8)4-5-12-10/h2-3,6-7,12H,4-5H2,1H3,(H,13,14). The Labute approximate surface area is 82.8 Å². The third-order valence-corrected chi connectivity index (χ3v) is 2.71. The Morgan fingerprint density at radius 3 is 3.07 bits per heavy atom. The van der Waals surface area contributed by atoms with Gasteiger partial charge in [0.25, 0.3) is 0 Å². The van der Waals surface area contributed by atoms with Gasteiger partial charge in [0, 0.05) is 12.2 Å². The Morgan fingerprint density at radius 2 is 2.36 bits per heavy atom. The van der Waals surface area contributed by atoms with E-state index in [1.807, 2.05) is 18.2 Å². The van der Waals surface area contributed by atoms with Crippen LogP contribution in [0.1, 0.15) is 24.0 Å². The summed E-state index contributed by atoms with van der Waals surface area (Å²) in [6.07, 6.45) is 0.996. The quantitative estimate of drug-likeness (QED) is 0.750. The number of carboxylic acid groups (broad SMARTS) is 1. The monoisotopic (exact) mass is 191 g/mol. The number of carbonyl (C=O) groups is 1. The van der Waals surface area contributed by atoms with Gasteiger partial charge >= 0.3 is 5.97 Å². The van der Waals surface area contributed by atoms with Crippen LogP contribution in [-0.2, 0) is 11.2 Å². The molecule has 0 amide bonds. The highest BCUT2D eigenvalue weighted by molar-refractivity contribution is 5.76. The molecule has 3 heteroatoms. The summed E-state index contributed by atoms with van der Waals surface area (Å²) in [6, 6.07) is 5.85. The van der Waals surface area contributed by atoms with E-state index in [9.17, 15) is 4.79 Å². The molecule has 1 atom stereocenters. The van der Waals surface area contributed by atoms with Crippen molar-refractivity contribution in [2.75, 3.05) is 11.9 Å². The van der Waals surface area contributed by atoms with Crippen LogP contribution in [0, 0.1) is 0 Å². The number of carboxylic acids is 1. The van der Waals surface area contributed by atoms with Crippen LogP contribution in [0.3, 0.4) is 0 Å². The van der Waals surface area contributed by atoms with Gasteiger partial charge in [0.2, 0.25) is 0 Å². The van der Waals surface area contributed by atoms with E-state index in [-0.39, 0.29) is 0 Å². The van der Waals surface area contributed by atoms with Crippen LogP contribution in [0.4, 0.5) is 5.69 Å². The van der Waals surface area contributed by atoms with Gasteiger partial charge in [-0.25, -0.2) is 0 Å². The van der Waals surface area contributed by atoms with Crippen molar-refractivity contribution >= 4 is 11.7 Å². The molecule has 0 fully saturated rings. The van der Waals surface area contributed by atoms with Crippen molar-refractivity contribution in [3.8, 4) is 0 Å². The molecule has 2 rings (SSSR count). The lowest BCUT2D eigenvalue weighted by molar-refractivity contribution is -0.138. The maximum Gasteiger partial charge on any atom is 0.310 e. The lowest BCUT2D eigenvalue weighted by Gasteiger charge is -2.08. The van der Waals surface area contributed by atoms with Crippen LogP contribution >= 0.6 is 0 Å². The fourth-order valence-electron chi connectivity index (χ4n) is 1.74. The molecular formula is C11H13NO2. The van der Waals surface area contributed by atoms with Crippen molar-refractivity contribution in [2.45, 2.75) is 19.3 Å². The van der Waals surface area contributed by atoms with Crippen molar-refractivity contribution < 1.29 is 9.90 Å². The molecule has 1 aromatic rings. The Hall–Kier alpha value is -1.51. The van der Waals surface area contributed by atoms with Gasteiger partial charge in [0.05, 0.1) is 5.92 Å². The fraction of sp³-hybridized carbons (Fsp3) is 0.364. The smallest absolute Gasteiger partial charge is 0.310 e. The van der Waals surface area contributed by atoms with Crippen molar-refractivity contribution in [3.05, 3.63) is 29.3 Å². The molecule has 0 saturated carbocycles. The van der Waals surface area contributed by atoms with E-state index in [0.717, 1.165) is 24.2 Å². The molecule has 0 saturated heterocycles. The maximum absolute atomic E-state index is 10.8. The Bertz CT molecular complexity index is 374. The van der Waals surface area contributed by atoms with E-state index >= 15 is 0 Å². The number of rotatable bonds is 2. The lowest BCUT2D eigenvalue weighted by Crippen LogP contribution is -2.07. The van der Waals surface area contributed by atoms with Crippen LogP contribution in [0.15, 0.2) is 18.2 Å². The molecule has 0 spiro atoms. The number of hydrogen-bond acceptors (Lipinski definition) is 2. The topological polar surface area (TPSA) is 49.3 Å². The van der Waals surface area contributed by atoms with Gasteiger partial charge < -0.3 is 10.4 Å². The number of fused-ring (bicyclic) bond motifs is 1. The highest BCUT2D eigenvalue weighted by atomic mass is 16.4. The van der Waals surface area contributed by atoms with Crippen molar-refractivity contribution in [1.29, 1.82) is 0 Å². The third-order valence-electron chi connectivity index (χ3n) is 2.71. The Balaban J connectivity index is 2.33. The minimum Gasteiger partial charge on any atom is -0.481 e. The highest BCUT2D eigenvalue weighted by Gasteiger charge is 2.16.